The monoisotopic (exact) mass is 420 g/mol. The van der Waals surface area contributed by atoms with Crippen LogP contribution in [-0.2, 0) is 4.74 Å². The van der Waals surface area contributed by atoms with E-state index in [9.17, 15) is 15.3 Å². The molecule has 0 amide bonds. The van der Waals surface area contributed by atoms with Gasteiger partial charge in [-0.3, -0.25) is 0 Å². The Kier molecular flexibility index (Phi) is 8.27. The topological polar surface area (TPSA) is 104 Å². The van der Waals surface area contributed by atoms with Gasteiger partial charge < -0.3 is 35.0 Å². The summed E-state index contributed by atoms with van der Waals surface area (Å²) < 4.78 is 11.9. The Balaban J connectivity index is 1.83. The lowest BCUT2D eigenvalue weighted by Gasteiger charge is -2.36. The van der Waals surface area contributed by atoms with Gasteiger partial charge in [0.2, 0.25) is 6.29 Å². The molecule has 2 aliphatic rings. The fraction of sp³-hybridized carbons (Fsp3) is 0.652. The van der Waals surface area contributed by atoms with Gasteiger partial charge in [-0.25, -0.2) is 0 Å². The van der Waals surface area contributed by atoms with E-state index in [2.05, 4.69) is 43.3 Å². The molecule has 2 saturated heterocycles. The third-order valence-corrected chi connectivity index (χ3v) is 5.97. The molecule has 30 heavy (non-hydrogen) atoms. The lowest BCUT2D eigenvalue weighted by Crippen LogP contribution is -2.51. The van der Waals surface area contributed by atoms with Crippen LogP contribution < -0.4 is 10.1 Å². The summed E-state index contributed by atoms with van der Waals surface area (Å²) in [5.41, 5.74) is 3.43. The van der Waals surface area contributed by atoms with E-state index >= 15 is 0 Å². The fourth-order valence-corrected chi connectivity index (χ4v) is 3.77. The number of ether oxygens (including phenoxy) is 2. The first-order valence-corrected chi connectivity index (χ1v) is 10.9. The van der Waals surface area contributed by atoms with E-state index in [-0.39, 0.29) is 13.0 Å². The van der Waals surface area contributed by atoms with Crippen molar-refractivity contribution in [1.82, 2.24) is 10.2 Å². The average molecular weight is 421 g/mol. The number of benzene rings is 1. The van der Waals surface area contributed by atoms with Crippen LogP contribution in [0.1, 0.15) is 37.3 Å². The van der Waals surface area contributed by atoms with Crippen LogP contribution in [-0.4, -0.2) is 84.2 Å². The van der Waals surface area contributed by atoms with Crippen molar-refractivity contribution in [2.24, 2.45) is 0 Å². The summed E-state index contributed by atoms with van der Waals surface area (Å²) >= 11 is 0. The molecule has 7 nitrogen and oxygen atoms in total. The van der Waals surface area contributed by atoms with Gasteiger partial charge in [-0.05, 0) is 50.6 Å². The predicted octanol–water partition coefficient (Wildman–Crippen LogP) is 1.29. The largest absolute Gasteiger partial charge is 0.464 e. The minimum absolute atomic E-state index is 0.147. The predicted molar refractivity (Wildman–Crippen MR) is 116 cm³/mol. The maximum absolute atomic E-state index is 10.1. The molecule has 168 valence electrons. The number of nitrogens with zero attached hydrogens (tertiary/aromatic N) is 1. The van der Waals surface area contributed by atoms with Gasteiger partial charge in [-0.2, -0.15) is 0 Å². The Hall–Kier alpha value is -1.48. The molecule has 0 aliphatic carbocycles. The van der Waals surface area contributed by atoms with Gasteiger partial charge in [0.1, 0.15) is 18.0 Å². The first-order chi connectivity index (χ1) is 14.4. The van der Waals surface area contributed by atoms with Gasteiger partial charge in [-0.1, -0.05) is 25.1 Å². The van der Waals surface area contributed by atoms with Crippen molar-refractivity contribution in [2.75, 3.05) is 33.3 Å². The molecule has 2 heterocycles. The molecule has 1 unspecified atom stereocenters. The Morgan fingerprint density at radius 1 is 1.37 bits per heavy atom. The maximum Gasteiger partial charge on any atom is 0.202 e. The molecule has 0 saturated carbocycles. The lowest BCUT2D eigenvalue weighted by molar-refractivity contribution is -0.230. The van der Waals surface area contributed by atoms with E-state index in [4.69, 9.17) is 9.47 Å². The molecule has 2 aliphatic heterocycles. The molecule has 5 atom stereocenters. The SMILES string of the molecule is CCN(C)CC/C(=C/CC1CN1)c1c(C)cccc1O[C@@H]1C[C@@H](O)[C@H](O)[C@@H](CO)O1. The lowest BCUT2D eigenvalue weighted by atomic mass is 9.95. The van der Waals surface area contributed by atoms with Gasteiger partial charge in [0, 0.05) is 31.1 Å². The molecule has 0 aromatic heterocycles. The van der Waals surface area contributed by atoms with E-state index in [0.29, 0.717) is 11.8 Å². The standard InChI is InChI=1S/C23H36N2O5/c1-4-25(3)11-10-16(8-9-17-13-24-17)22-15(2)6-5-7-19(22)29-21-12-18(27)23(28)20(14-26)30-21/h5-8,17-18,20-21,23-24,26-28H,4,9-14H2,1-3H3/b16-8-/t17?,18-,20-,21+,23+/m1/s1. The second kappa shape index (κ2) is 10.7. The quantitative estimate of drug-likeness (QED) is 0.423. The van der Waals surface area contributed by atoms with Gasteiger partial charge in [0.05, 0.1) is 12.7 Å². The van der Waals surface area contributed by atoms with Crippen LogP contribution in [0, 0.1) is 6.92 Å². The number of hydrogen-bond acceptors (Lipinski definition) is 7. The molecular formula is C23H36N2O5. The number of hydrogen-bond donors (Lipinski definition) is 4. The zero-order valence-electron chi connectivity index (χ0n) is 18.3. The van der Waals surface area contributed by atoms with Crippen LogP contribution in [0.3, 0.4) is 0 Å². The van der Waals surface area contributed by atoms with Crippen LogP contribution in [0.4, 0.5) is 0 Å². The molecular weight excluding hydrogens is 384 g/mol. The number of rotatable bonds is 10. The highest BCUT2D eigenvalue weighted by atomic mass is 16.7. The minimum Gasteiger partial charge on any atom is -0.464 e. The highest BCUT2D eigenvalue weighted by Crippen LogP contribution is 2.34. The Bertz CT molecular complexity index is 722. The highest BCUT2D eigenvalue weighted by Gasteiger charge is 2.37. The molecule has 1 aromatic carbocycles. The van der Waals surface area contributed by atoms with Crippen LogP contribution in [0.25, 0.3) is 5.57 Å². The summed E-state index contributed by atoms with van der Waals surface area (Å²) in [6, 6.07) is 6.50. The zero-order chi connectivity index (χ0) is 21.7. The summed E-state index contributed by atoms with van der Waals surface area (Å²) in [6.07, 6.45) is 0.642. The summed E-state index contributed by atoms with van der Waals surface area (Å²) in [7, 11) is 2.12. The second-order valence-corrected chi connectivity index (χ2v) is 8.36. The van der Waals surface area contributed by atoms with Crippen molar-refractivity contribution < 1.29 is 24.8 Å². The zero-order valence-corrected chi connectivity index (χ0v) is 18.3. The third kappa shape index (κ3) is 6.03. The summed E-state index contributed by atoms with van der Waals surface area (Å²) in [5, 5.41) is 32.9. The number of aliphatic hydroxyl groups is 3. The van der Waals surface area contributed by atoms with E-state index in [1.54, 1.807) is 0 Å². The second-order valence-electron chi connectivity index (χ2n) is 8.36. The molecule has 7 heteroatoms. The first-order valence-electron chi connectivity index (χ1n) is 10.9. The van der Waals surface area contributed by atoms with Crippen molar-refractivity contribution in [2.45, 2.75) is 63.8 Å². The van der Waals surface area contributed by atoms with Gasteiger partial charge in [0.15, 0.2) is 0 Å². The fourth-order valence-electron chi connectivity index (χ4n) is 3.77. The van der Waals surface area contributed by atoms with Crippen molar-refractivity contribution in [3.63, 3.8) is 0 Å². The van der Waals surface area contributed by atoms with Crippen LogP contribution in [0.5, 0.6) is 5.75 Å². The minimum atomic E-state index is -1.11. The average Bonchev–Trinajstić information content (AvgIpc) is 3.55. The normalized spacial score (nSPS) is 29.3. The van der Waals surface area contributed by atoms with Gasteiger partial charge >= 0.3 is 0 Å². The smallest absolute Gasteiger partial charge is 0.202 e. The van der Waals surface area contributed by atoms with Crippen molar-refractivity contribution in [3.05, 3.63) is 35.4 Å². The van der Waals surface area contributed by atoms with E-state index < -0.39 is 24.6 Å². The van der Waals surface area contributed by atoms with Gasteiger partial charge in [-0.15, -0.1) is 0 Å². The van der Waals surface area contributed by atoms with Crippen LogP contribution in [0.2, 0.25) is 0 Å². The van der Waals surface area contributed by atoms with Crippen LogP contribution >= 0.6 is 0 Å². The first kappa shape index (κ1) is 23.2. The van der Waals surface area contributed by atoms with Crippen molar-refractivity contribution in [1.29, 1.82) is 0 Å². The number of nitrogens with one attached hydrogen (secondary N) is 1. The molecule has 2 fully saturated rings. The third-order valence-electron chi connectivity index (χ3n) is 5.97. The highest BCUT2D eigenvalue weighted by molar-refractivity contribution is 5.73. The summed E-state index contributed by atoms with van der Waals surface area (Å²) in [4.78, 5) is 2.29. The van der Waals surface area contributed by atoms with E-state index in [0.717, 1.165) is 43.6 Å². The Labute approximate surface area is 179 Å². The molecule has 0 radical (unpaired) electrons. The van der Waals surface area contributed by atoms with E-state index in [1.165, 1.54) is 5.57 Å². The molecule has 3 rings (SSSR count). The van der Waals surface area contributed by atoms with Crippen molar-refractivity contribution in [3.8, 4) is 5.75 Å². The summed E-state index contributed by atoms with van der Waals surface area (Å²) in [5.74, 6) is 0.703. The summed E-state index contributed by atoms with van der Waals surface area (Å²) in [6.45, 7) is 6.86. The number of aryl methyl sites for hydroxylation is 1. The van der Waals surface area contributed by atoms with Crippen LogP contribution in [0.15, 0.2) is 24.3 Å². The molecule has 1 aromatic rings. The number of aliphatic hydroxyl groups excluding tert-OH is 3. The Morgan fingerprint density at radius 2 is 2.13 bits per heavy atom. The maximum atomic E-state index is 10.1. The molecule has 0 bridgehead atoms. The van der Waals surface area contributed by atoms with Gasteiger partial charge in [0.25, 0.3) is 0 Å². The van der Waals surface area contributed by atoms with Crippen molar-refractivity contribution >= 4 is 5.57 Å². The molecule has 0 spiro atoms. The molecule has 4 N–H and O–H groups in total. The Morgan fingerprint density at radius 3 is 2.80 bits per heavy atom. The van der Waals surface area contributed by atoms with E-state index in [1.807, 2.05) is 12.1 Å².